The monoisotopic (exact) mass is 279 g/mol. The largest absolute Gasteiger partial charge is 0.496 e. The number of ether oxygens (including phenoxy) is 1. The molecule has 0 radical (unpaired) electrons. The summed E-state index contributed by atoms with van der Waals surface area (Å²) in [4.78, 5) is 12.9. The van der Waals surface area contributed by atoms with Gasteiger partial charge in [0.2, 0.25) is 0 Å². The fraction of sp³-hybridized carbons (Fsp3) is 0.571. The summed E-state index contributed by atoms with van der Waals surface area (Å²) in [5, 5.41) is 14.3. The molecule has 1 aromatic rings. The van der Waals surface area contributed by atoms with Gasteiger partial charge in [-0.3, -0.25) is 15.0 Å². The van der Waals surface area contributed by atoms with Crippen LogP contribution in [0.4, 0.5) is 5.69 Å². The molecule has 0 aliphatic carbocycles. The molecule has 6 heteroatoms. The van der Waals surface area contributed by atoms with Gasteiger partial charge in [0.25, 0.3) is 5.69 Å². The fourth-order valence-corrected chi connectivity index (χ4v) is 2.49. The second-order valence-corrected chi connectivity index (χ2v) is 5.71. The number of benzene rings is 1. The lowest BCUT2D eigenvalue weighted by Gasteiger charge is -2.42. The Balaban J connectivity index is 2.23. The number of nitro groups is 1. The van der Waals surface area contributed by atoms with Crippen LogP contribution in [0.15, 0.2) is 18.2 Å². The van der Waals surface area contributed by atoms with Gasteiger partial charge in [0.05, 0.1) is 18.1 Å². The number of nitro benzene ring substituents is 1. The maximum atomic E-state index is 11.0. The summed E-state index contributed by atoms with van der Waals surface area (Å²) < 4.78 is 5.15. The molecule has 0 atom stereocenters. The van der Waals surface area contributed by atoms with Crippen LogP contribution in [0, 0.1) is 10.1 Å². The van der Waals surface area contributed by atoms with Gasteiger partial charge in [-0.2, -0.15) is 0 Å². The maximum absolute atomic E-state index is 11.0. The molecule has 0 spiro atoms. The predicted molar refractivity (Wildman–Crippen MR) is 77.0 cm³/mol. The average molecular weight is 279 g/mol. The third-order valence-corrected chi connectivity index (χ3v) is 3.74. The Bertz CT molecular complexity index is 502. The minimum absolute atomic E-state index is 0.0378. The molecule has 6 nitrogen and oxygen atoms in total. The average Bonchev–Trinajstić information content (AvgIpc) is 2.40. The van der Waals surface area contributed by atoms with Crippen molar-refractivity contribution in [2.45, 2.75) is 25.9 Å². The van der Waals surface area contributed by atoms with Gasteiger partial charge in [0, 0.05) is 37.8 Å². The van der Waals surface area contributed by atoms with E-state index in [0.29, 0.717) is 12.3 Å². The van der Waals surface area contributed by atoms with Crippen LogP contribution in [0.3, 0.4) is 0 Å². The van der Waals surface area contributed by atoms with Crippen LogP contribution in [0.1, 0.15) is 19.4 Å². The first-order valence-corrected chi connectivity index (χ1v) is 6.70. The second kappa shape index (κ2) is 5.76. The molecular formula is C14H21N3O3. The number of hydrogen-bond donors (Lipinski definition) is 1. The van der Waals surface area contributed by atoms with Gasteiger partial charge in [-0.15, -0.1) is 0 Å². The first kappa shape index (κ1) is 14.7. The Morgan fingerprint density at radius 2 is 2.20 bits per heavy atom. The Morgan fingerprint density at radius 3 is 2.80 bits per heavy atom. The lowest BCUT2D eigenvalue weighted by Crippen LogP contribution is -2.57. The van der Waals surface area contributed by atoms with Gasteiger partial charge in [-0.1, -0.05) is 0 Å². The van der Waals surface area contributed by atoms with Gasteiger partial charge >= 0.3 is 0 Å². The van der Waals surface area contributed by atoms with Crippen molar-refractivity contribution >= 4 is 5.69 Å². The summed E-state index contributed by atoms with van der Waals surface area (Å²) in [5.41, 5.74) is 1.02. The molecular weight excluding hydrogens is 258 g/mol. The summed E-state index contributed by atoms with van der Waals surface area (Å²) in [6, 6.07) is 4.94. The smallest absolute Gasteiger partial charge is 0.273 e. The molecule has 0 saturated carbocycles. The van der Waals surface area contributed by atoms with Crippen LogP contribution in [0.5, 0.6) is 5.75 Å². The maximum Gasteiger partial charge on any atom is 0.273 e. The van der Waals surface area contributed by atoms with Crippen molar-refractivity contribution in [3.63, 3.8) is 0 Å². The van der Waals surface area contributed by atoms with Crippen LogP contribution >= 0.6 is 0 Å². The summed E-state index contributed by atoms with van der Waals surface area (Å²) >= 11 is 0. The van der Waals surface area contributed by atoms with E-state index in [1.54, 1.807) is 6.07 Å². The SMILES string of the molecule is COc1cc(CN2CCNCC2(C)C)cc([N+](=O)[O-])c1. The van der Waals surface area contributed by atoms with Gasteiger partial charge in [0.1, 0.15) is 5.75 Å². The molecule has 1 N–H and O–H groups in total. The quantitative estimate of drug-likeness (QED) is 0.672. The van der Waals surface area contributed by atoms with E-state index in [2.05, 4.69) is 24.1 Å². The zero-order chi connectivity index (χ0) is 14.8. The van der Waals surface area contributed by atoms with E-state index in [0.717, 1.165) is 25.2 Å². The van der Waals surface area contributed by atoms with Gasteiger partial charge < -0.3 is 10.1 Å². The molecule has 20 heavy (non-hydrogen) atoms. The highest BCUT2D eigenvalue weighted by atomic mass is 16.6. The molecule has 1 fully saturated rings. The molecule has 0 amide bonds. The number of methoxy groups -OCH3 is 1. The highest BCUT2D eigenvalue weighted by Crippen LogP contribution is 2.26. The first-order valence-electron chi connectivity index (χ1n) is 6.70. The Kier molecular flexibility index (Phi) is 4.25. The number of non-ortho nitro benzene ring substituents is 1. The Morgan fingerprint density at radius 1 is 1.45 bits per heavy atom. The molecule has 0 aromatic heterocycles. The molecule has 1 saturated heterocycles. The minimum Gasteiger partial charge on any atom is -0.496 e. The van der Waals surface area contributed by atoms with Crippen LogP contribution in [-0.2, 0) is 6.54 Å². The van der Waals surface area contributed by atoms with Crippen LogP contribution < -0.4 is 10.1 Å². The summed E-state index contributed by atoms with van der Waals surface area (Å²) in [6.07, 6.45) is 0. The van der Waals surface area contributed by atoms with E-state index < -0.39 is 0 Å². The highest BCUT2D eigenvalue weighted by Gasteiger charge is 2.29. The van der Waals surface area contributed by atoms with Crippen molar-refractivity contribution < 1.29 is 9.66 Å². The predicted octanol–water partition coefficient (Wildman–Crippen LogP) is 1.79. The second-order valence-electron chi connectivity index (χ2n) is 5.71. The third kappa shape index (κ3) is 3.26. The van der Waals surface area contributed by atoms with Crippen molar-refractivity contribution in [3.05, 3.63) is 33.9 Å². The fourth-order valence-electron chi connectivity index (χ4n) is 2.49. The van der Waals surface area contributed by atoms with E-state index in [1.807, 2.05) is 6.07 Å². The molecule has 1 heterocycles. The topological polar surface area (TPSA) is 67.6 Å². The minimum atomic E-state index is -0.380. The highest BCUT2D eigenvalue weighted by molar-refractivity contribution is 5.42. The molecule has 110 valence electrons. The van der Waals surface area contributed by atoms with E-state index in [-0.39, 0.29) is 16.1 Å². The van der Waals surface area contributed by atoms with Crippen molar-refractivity contribution in [2.75, 3.05) is 26.7 Å². The summed E-state index contributed by atoms with van der Waals surface area (Å²) in [5.74, 6) is 0.530. The molecule has 1 aromatic carbocycles. The lowest BCUT2D eigenvalue weighted by molar-refractivity contribution is -0.385. The van der Waals surface area contributed by atoms with Crippen molar-refractivity contribution in [1.29, 1.82) is 0 Å². The van der Waals surface area contributed by atoms with Crippen molar-refractivity contribution in [3.8, 4) is 5.75 Å². The van der Waals surface area contributed by atoms with Crippen molar-refractivity contribution in [1.82, 2.24) is 10.2 Å². The van der Waals surface area contributed by atoms with Crippen LogP contribution in [0.2, 0.25) is 0 Å². The summed E-state index contributed by atoms with van der Waals surface area (Å²) in [6.45, 7) is 7.82. The molecule has 0 unspecified atom stereocenters. The normalized spacial score (nSPS) is 18.8. The Labute approximate surface area is 118 Å². The number of rotatable bonds is 4. The van der Waals surface area contributed by atoms with E-state index in [4.69, 9.17) is 4.74 Å². The number of nitrogens with one attached hydrogen (secondary N) is 1. The Hall–Kier alpha value is -1.66. The third-order valence-electron chi connectivity index (χ3n) is 3.74. The van der Waals surface area contributed by atoms with Crippen LogP contribution in [-0.4, -0.2) is 42.1 Å². The number of hydrogen-bond acceptors (Lipinski definition) is 5. The molecule has 2 rings (SSSR count). The molecule has 0 bridgehead atoms. The van der Waals surface area contributed by atoms with Crippen LogP contribution in [0.25, 0.3) is 0 Å². The molecule has 1 aliphatic rings. The lowest BCUT2D eigenvalue weighted by atomic mass is 9.99. The zero-order valence-electron chi connectivity index (χ0n) is 12.2. The summed E-state index contributed by atoms with van der Waals surface area (Å²) in [7, 11) is 1.53. The van der Waals surface area contributed by atoms with E-state index >= 15 is 0 Å². The van der Waals surface area contributed by atoms with E-state index in [1.165, 1.54) is 13.2 Å². The zero-order valence-corrected chi connectivity index (χ0v) is 12.2. The van der Waals surface area contributed by atoms with Gasteiger partial charge in [0.15, 0.2) is 0 Å². The van der Waals surface area contributed by atoms with Gasteiger partial charge in [-0.05, 0) is 25.5 Å². The first-order chi connectivity index (χ1) is 9.42. The van der Waals surface area contributed by atoms with E-state index in [9.17, 15) is 10.1 Å². The standard InChI is InChI=1S/C14H21N3O3/c1-14(2)10-15-4-5-16(14)9-11-6-12(17(18)19)8-13(7-11)20-3/h6-8,15H,4-5,9-10H2,1-3H3. The van der Waals surface area contributed by atoms with Gasteiger partial charge in [-0.25, -0.2) is 0 Å². The van der Waals surface area contributed by atoms with Crippen molar-refractivity contribution in [2.24, 2.45) is 0 Å². The molecule has 1 aliphatic heterocycles. The number of nitrogens with zero attached hydrogens (tertiary/aromatic N) is 2. The number of piperazine rings is 1.